The first-order valence-electron chi connectivity index (χ1n) is 8.18. The lowest BCUT2D eigenvalue weighted by Gasteiger charge is -2.18. The molecule has 0 aliphatic rings. The molecule has 1 amide bonds. The zero-order chi connectivity index (χ0) is 18.7. The van der Waals surface area contributed by atoms with E-state index in [4.69, 9.17) is 9.15 Å². The monoisotopic (exact) mass is 355 g/mol. The number of halogens is 1. The van der Waals surface area contributed by atoms with E-state index in [0.29, 0.717) is 23.3 Å². The number of rotatable bonds is 5. The Balaban J connectivity index is 1.93. The predicted octanol–water partition coefficient (Wildman–Crippen LogP) is 3.60. The number of hydrogen-bond donors (Lipinski definition) is 0. The Morgan fingerprint density at radius 1 is 1.15 bits per heavy atom. The van der Waals surface area contributed by atoms with Gasteiger partial charge in [-0.25, -0.2) is 9.18 Å². The number of amides is 1. The highest BCUT2D eigenvalue weighted by Gasteiger charge is 2.18. The lowest BCUT2D eigenvalue weighted by atomic mass is 10.1. The number of carbonyl (C=O) groups is 1. The highest BCUT2D eigenvalue weighted by Crippen LogP contribution is 2.24. The van der Waals surface area contributed by atoms with Crippen molar-refractivity contribution in [2.45, 2.75) is 13.5 Å². The van der Waals surface area contributed by atoms with Crippen molar-refractivity contribution in [2.24, 2.45) is 0 Å². The Hall–Kier alpha value is -3.15. The van der Waals surface area contributed by atoms with E-state index in [-0.39, 0.29) is 23.8 Å². The zero-order valence-electron chi connectivity index (χ0n) is 14.5. The molecule has 0 bridgehead atoms. The number of fused-ring (bicyclic) bond motifs is 1. The van der Waals surface area contributed by atoms with E-state index in [1.54, 1.807) is 37.4 Å². The summed E-state index contributed by atoms with van der Waals surface area (Å²) >= 11 is 0. The molecule has 3 rings (SSSR count). The molecular weight excluding hydrogens is 337 g/mol. The van der Waals surface area contributed by atoms with Gasteiger partial charge >= 0.3 is 5.63 Å². The van der Waals surface area contributed by atoms with Crippen LogP contribution in [0.4, 0.5) is 4.39 Å². The van der Waals surface area contributed by atoms with Gasteiger partial charge in [-0.05, 0) is 36.8 Å². The third-order valence-electron chi connectivity index (χ3n) is 3.94. The van der Waals surface area contributed by atoms with E-state index in [1.165, 1.54) is 23.1 Å². The molecule has 0 unspecified atom stereocenters. The third-order valence-corrected chi connectivity index (χ3v) is 3.94. The van der Waals surface area contributed by atoms with Crippen molar-refractivity contribution < 1.29 is 18.3 Å². The fraction of sp³-hybridized carbons (Fsp3) is 0.200. The first kappa shape index (κ1) is 17.7. The van der Waals surface area contributed by atoms with Gasteiger partial charge in [-0.15, -0.1) is 0 Å². The first-order chi connectivity index (χ1) is 12.5. The molecule has 3 aromatic rings. The van der Waals surface area contributed by atoms with Crippen molar-refractivity contribution in [3.05, 3.63) is 75.9 Å². The molecule has 5 nitrogen and oxygen atoms in total. The van der Waals surface area contributed by atoms with Crippen LogP contribution in [0.15, 0.2) is 57.7 Å². The molecule has 134 valence electrons. The predicted molar refractivity (Wildman–Crippen MR) is 95.9 cm³/mol. The SMILES string of the molecule is CCOc1ccc2c(C(=O)N(C)Cc3ccc(F)cc3)cc(=O)oc2c1. The smallest absolute Gasteiger partial charge is 0.337 e. The second-order valence-corrected chi connectivity index (χ2v) is 5.86. The highest BCUT2D eigenvalue weighted by atomic mass is 19.1. The summed E-state index contributed by atoms with van der Waals surface area (Å²) in [4.78, 5) is 26.2. The maximum atomic E-state index is 13.0. The Bertz CT molecular complexity index is 995. The summed E-state index contributed by atoms with van der Waals surface area (Å²) in [5.74, 6) is -0.0942. The van der Waals surface area contributed by atoms with Gasteiger partial charge in [0.05, 0.1) is 12.2 Å². The van der Waals surface area contributed by atoms with E-state index < -0.39 is 5.63 Å². The number of hydrogen-bond acceptors (Lipinski definition) is 4. The average molecular weight is 355 g/mol. The molecule has 0 aliphatic heterocycles. The minimum Gasteiger partial charge on any atom is -0.494 e. The summed E-state index contributed by atoms with van der Waals surface area (Å²) in [5, 5.41) is 0.531. The van der Waals surface area contributed by atoms with Gasteiger partial charge in [-0.2, -0.15) is 0 Å². The molecule has 0 fully saturated rings. The molecule has 2 aromatic carbocycles. The van der Waals surface area contributed by atoms with Gasteiger partial charge < -0.3 is 14.1 Å². The first-order valence-corrected chi connectivity index (χ1v) is 8.18. The van der Waals surface area contributed by atoms with Crippen molar-refractivity contribution in [3.8, 4) is 5.75 Å². The molecule has 0 saturated heterocycles. The summed E-state index contributed by atoms with van der Waals surface area (Å²) in [6.07, 6.45) is 0. The van der Waals surface area contributed by atoms with Crippen LogP contribution in [0.5, 0.6) is 5.75 Å². The average Bonchev–Trinajstić information content (AvgIpc) is 2.62. The molecule has 0 N–H and O–H groups in total. The fourth-order valence-electron chi connectivity index (χ4n) is 2.72. The minimum atomic E-state index is -0.607. The van der Waals surface area contributed by atoms with Crippen LogP contribution < -0.4 is 10.4 Å². The molecule has 0 aliphatic carbocycles. The summed E-state index contributed by atoms with van der Waals surface area (Å²) < 4.78 is 23.6. The lowest BCUT2D eigenvalue weighted by molar-refractivity contribution is 0.0786. The summed E-state index contributed by atoms with van der Waals surface area (Å²) in [7, 11) is 1.63. The third kappa shape index (κ3) is 3.74. The summed E-state index contributed by atoms with van der Waals surface area (Å²) in [5.41, 5.74) is 0.726. The van der Waals surface area contributed by atoms with Gasteiger partial charge in [0.2, 0.25) is 0 Å². The number of carbonyl (C=O) groups excluding carboxylic acids is 1. The van der Waals surface area contributed by atoms with E-state index in [2.05, 4.69) is 0 Å². The normalized spacial score (nSPS) is 10.7. The number of nitrogens with zero attached hydrogens (tertiary/aromatic N) is 1. The van der Waals surface area contributed by atoms with Crippen LogP contribution in [-0.4, -0.2) is 24.5 Å². The van der Waals surface area contributed by atoms with Crippen molar-refractivity contribution in [1.82, 2.24) is 4.90 Å². The van der Waals surface area contributed by atoms with Gasteiger partial charge in [-0.1, -0.05) is 12.1 Å². The molecule has 26 heavy (non-hydrogen) atoms. The van der Waals surface area contributed by atoms with Gasteiger partial charge in [0.15, 0.2) is 0 Å². The topological polar surface area (TPSA) is 59.8 Å². The van der Waals surface area contributed by atoms with Crippen LogP contribution in [0.2, 0.25) is 0 Å². The zero-order valence-corrected chi connectivity index (χ0v) is 14.5. The maximum Gasteiger partial charge on any atom is 0.337 e. The van der Waals surface area contributed by atoms with Gasteiger partial charge in [0.1, 0.15) is 17.1 Å². The quantitative estimate of drug-likeness (QED) is 0.656. The molecular formula is C20H18FNO4. The Kier molecular flexibility index (Phi) is 5.02. The van der Waals surface area contributed by atoms with Gasteiger partial charge in [0, 0.05) is 31.1 Å². The van der Waals surface area contributed by atoms with Crippen LogP contribution in [0.25, 0.3) is 11.0 Å². The Morgan fingerprint density at radius 3 is 2.58 bits per heavy atom. The van der Waals surface area contributed by atoms with E-state index in [9.17, 15) is 14.0 Å². The standard InChI is InChI=1S/C20H18FNO4/c1-3-25-15-8-9-16-17(11-19(23)26-18(16)10-15)20(24)22(2)12-13-4-6-14(21)7-5-13/h4-11H,3,12H2,1-2H3. The largest absolute Gasteiger partial charge is 0.494 e. The Morgan fingerprint density at radius 2 is 1.88 bits per heavy atom. The van der Waals surface area contributed by atoms with Crippen LogP contribution in [0.3, 0.4) is 0 Å². The molecule has 6 heteroatoms. The van der Waals surface area contributed by atoms with E-state index >= 15 is 0 Å². The van der Waals surface area contributed by atoms with Crippen molar-refractivity contribution in [2.75, 3.05) is 13.7 Å². The second kappa shape index (κ2) is 7.39. The molecule has 0 saturated carbocycles. The van der Waals surface area contributed by atoms with E-state index in [0.717, 1.165) is 5.56 Å². The van der Waals surface area contributed by atoms with Gasteiger partial charge in [-0.3, -0.25) is 4.79 Å². The second-order valence-electron chi connectivity index (χ2n) is 5.86. The highest BCUT2D eigenvalue weighted by molar-refractivity contribution is 6.05. The molecule has 0 atom stereocenters. The van der Waals surface area contributed by atoms with Crippen LogP contribution >= 0.6 is 0 Å². The van der Waals surface area contributed by atoms with Crippen LogP contribution in [-0.2, 0) is 6.54 Å². The molecule has 1 heterocycles. The minimum absolute atomic E-state index is 0.254. The van der Waals surface area contributed by atoms with Crippen LogP contribution in [0, 0.1) is 5.82 Å². The van der Waals surface area contributed by atoms with Crippen molar-refractivity contribution >= 4 is 16.9 Å². The fourth-order valence-corrected chi connectivity index (χ4v) is 2.72. The molecule has 0 spiro atoms. The molecule has 0 radical (unpaired) electrons. The van der Waals surface area contributed by atoms with Crippen molar-refractivity contribution in [3.63, 3.8) is 0 Å². The molecule has 1 aromatic heterocycles. The van der Waals surface area contributed by atoms with Crippen LogP contribution in [0.1, 0.15) is 22.8 Å². The Labute approximate surface area is 149 Å². The lowest BCUT2D eigenvalue weighted by Crippen LogP contribution is -2.27. The maximum absolute atomic E-state index is 13.0. The van der Waals surface area contributed by atoms with Crippen molar-refractivity contribution in [1.29, 1.82) is 0 Å². The summed E-state index contributed by atoms with van der Waals surface area (Å²) in [6.45, 7) is 2.62. The number of benzene rings is 2. The van der Waals surface area contributed by atoms with E-state index in [1.807, 2.05) is 6.92 Å². The number of ether oxygens (including phenoxy) is 1. The summed E-state index contributed by atoms with van der Waals surface area (Å²) in [6, 6.07) is 12.1. The van der Waals surface area contributed by atoms with Gasteiger partial charge in [0.25, 0.3) is 5.91 Å².